The number of hydrogen-bond acceptors (Lipinski definition) is 8. The first-order chi connectivity index (χ1) is 14.8. The van der Waals surface area contributed by atoms with E-state index in [1.54, 1.807) is 0 Å². The molecule has 9 heteroatoms. The second-order valence-electron chi connectivity index (χ2n) is 9.38. The summed E-state index contributed by atoms with van der Waals surface area (Å²) in [6.45, 7) is 8.97. The van der Waals surface area contributed by atoms with Crippen LogP contribution < -0.4 is 0 Å². The van der Waals surface area contributed by atoms with Crippen molar-refractivity contribution in [1.29, 1.82) is 0 Å². The number of nitrogens with zero attached hydrogens (tertiary/aromatic N) is 1. The summed E-state index contributed by atoms with van der Waals surface area (Å²) in [7, 11) is 0. The number of carbonyl (C=O) groups excluding carboxylic acids is 3. The summed E-state index contributed by atoms with van der Waals surface area (Å²) in [5.41, 5.74) is -1.62. The molecule has 0 saturated heterocycles. The normalized spacial score (nSPS) is 25.6. The van der Waals surface area contributed by atoms with Crippen molar-refractivity contribution in [3.8, 4) is 0 Å². The van der Waals surface area contributed by atoms with Gasteiger partial charge < -0.3 is 14.6 Å². The number of nitro groups is 1. The van der Waals surface area contributed by atoms with Crippen molar-refractivity contribution in [2.75, 3.05) is 13.2 Å². The third-order valence-electron chi connectivity index (χ3n) is 5.38. The molecule has 0 unspecified atom stereocenters. The van der Waals surface area contributed by atoms with Crippen LogP contribution >= 0.6 is 0 Å². The maximum Gasteiger partial charge on any atom is 0.317 e. The predicted octanol–water partition coefficient (Wildman–Crippen LogP) is 3.03. The molecule has 0 aromatic heterocycles. The molecular formula is C23H31NO8. The number of ketones is 1. The Hall–Kier alpha value is -2.81. The maximum atomic E-state index is 13.1. The maximum absolute atomic E-state index is 13.1. The SMILES string of the molecule is CC(C)COC(=O)[C@H]1C(=O)C[C@](C)(O)[C@H](C(=O)OCC(C)C)[C@@H]1c1ccc([N+](=O)[O-])cc1. The number of rotatable bonds is 8. The van der Waals surface area contributed by atoms with Gasteiger partial charge in [0.2, 0.25) is 0 Å². The van der Waals surface area contributed by atoms with E-state index in [0.29, 0.717) is 5.56 Å². The third kappa shape index (κ3) is 5.91. The number of Topliss-reactive ketones (excluding diaryl/α,β-unsaturated/α-hetero) is 1. The number of benzene rings is 1. The third-order valence-corrected chi connectivity index (χ3v) is 5.38. The Kier molecular flexibility index (Phi) is 8.12. The lowest BCUT2D eigenvalue weighted by molar-refractivity contribution is -0.384. The van der Waals surface area contributed by atoms with E-state index < -0.39 is 52.4 Å². The number of ether oxygens (including phenoxy) is 2. The van der Waals surface area contributed by atoms with Gasteiger partial charge in [-0.2, -0.15) is 0 Å². The number of aliphatic hydroxyl groups is 1. The summed E-state index contributed by atoms with van der Waals surface area (Å²) in [6, 6.07) is 5.25. The zero-order valence-electron chi connectivity index (χ0n) is 19.1. The number of hydrogen-bond donors (Lipinski definition) is 1. The first-order valence-corrected chi connectivity index (χ1v) is 10.7. The van der Waals surface area contributed by atoms with Crippen molar-refractivity contribution in [2.24, 2.45) is 23.7 Å². The van der Waals surface area contributed by atoms with Gasteiger partial charge in [-0.15, -0.1) is 0 Å². The molecule has 1 fully saturated rings. The van der Waals surface area contributed by atoms with Gasteiger partial charge in [-0.3, -0.25) is 24.5 Å². The Bertz CT molecular complexity index is 859. The van der Waals surface area contributed by atoms with Gasteiger partial charge in [0.05, 0.1) is 29.7 Å². The van der Waals surface area contributed by atoms with Crippen LogP contribution in [-0.4, -0.2) is 46.6 Å². The molecule has 176 valence electrons. The van der Waals surface area contributed by atoms with Crippen LogP contribution in [0.2, 0.25) is 0 Å². The fourth-order valence-corrected chi connectivity index (χ4v) is 3.91. The molecule has 9 nitrogen and oxygen atoms in total. The summed E-state index contributed by atoms with van der Waals surface area (Å²) in [5, 5.41) is 22.1. The molecule has 2 rings (SSSR count). The quantitative estimate of drug-likeness (QED) is 0.277. The molecule has 1 aromatic carbocycles. The van der Waals surface area contributed by atoms with Crippen LogP contribution in [0.25, 0.3) is 0 Å². The average Bonchev–Trinajstić information content (AvgIpc) is 2.69. The van der Waals surface area contributed by atoms with Crippen molar-refractivity contribution in [3.05, 3.63) is 39.9 Å². The van der Waals surface area contributed by atoms with E-state index in [2.05, 4.69) is 0 Å². The summed E-state index contributed by atoms with van der Waals surface area (Å²) in [4.78, 5) is 49.4. The van der Waals surface area contributed by atoms with Crippen LogP contribution in [0.3, 0.4) is 0 Å². The van der Waals surface area contributed by atoms with Crippen LogP contribution in [0, 0.1) is 33.8 Å². The van der Waals surface area contributed by atoms with E-state index in [4.69, 9.17) is 9.47 Å². The molecular weight excluding hydrogens is 418 g/mol. The zero-order valence-corrected chi connectivity index (χ0v) is 19.1. The summed E-state index contributed by atoms with van der Waals surface area (Å²) < 4.78 is 10.7. The lowest BCUT2D eigenvalue weighted by Gasteiger charge is -2.43. The lowest BCUT2D eigenvalue weighted by Crippen LogP contribution is -2.55. The topological polar surface area (TPSA) is 133 Å². The fourth-order valence-electron chi connectivity index (χ4n) is 3.91. The predicted molar refractivity (Wildman–Crippen MR) is 115 cm³/mol. The highest BCUT2D eigenvalue weighted by atomic mass is 16.6. The smallest absolute Gasteiger partial charge is 0.317 e. The second-order valence-corrected chi connectivity index (χ2v) is 9.38. The van der Waals surface area contributed by atoms with Crippen molar-refractivity contribution >= 4 is 23.4 Å². The van der Waals surface area contributed by atoms with Crippen molar-refractivity contribution < 1.29 is 33.9 Å². The number of nitro benzene ring substituents is 1. The highest BCUT2D eigenvalue weighted by Crippen LogP contribution is 2.47. The second kappa shape index (κ2) is 10.2. The number of esters is 2. The first kappa shape index (κ1) is 25.5. The van der Waals surface area contributed by atoms with Crippen LogP contribution in [0.1, 0.15) is 52.5 Å². The number of non-ortho nitro benzene ring substituents is 1. The molecule has 0 amide bonds. The van der Waals surface area contributed by atoms with Gasteiger partial charge in [0.1, 0.15) is 5.92 Å². The van der Waals surface area contributed by atoms with Gasteiger partial charge >= 0.3 is 11.9 Å². The highest BCUT2D eigenvalue weighted by Gasteiger charge is 2.57. The van der Waals surface area contributed by atoms with Gasteiger partial charge in [-0.25, -0.2) is 0 Å². The van der Waals surface area contributed by atoms with Gasteiger partial charge in [0, 0.05) is 24.5 Å². The van der Waals surface area contributed by atoms with E-state index >= 15 is 0 Å². The van der Waals surface area contributed by atoms with E-state index in [0.717, 1.165) is 0 Å². The van der Waals surface area contributed by atoms with E-state index in [1.807, 2.05) is 27.7 Å². The molecule has 1 saturated carbocycles. The monoisotopic (exact) mass is 449 g/mol. The number of carbonyl (C=O) groups is 3. The van der Waals surface area contributed by atoms with Gasteiger partial charge in [-0.1, -0.05) is 39.8 Å². The molecule has 0 radical (unpaired) electrons. The Labute approximate surface area is 187 Å². The van der Waals surface area contributed by atoms with Crippen LogP contribution in [-0.2, 0) is 23.9 Å². The van der Waals surface area contributed by atoms with Gasteiger partial charge in [0.25, 0.3) is 5.69 Å². The van der Waals surface area contributed by atoms with Crippen LogP contribution in [0.15, 0.2) is 24.3 Å². The molecule has 1 aromatic rings. The van der Waals surface area contributed by atoms with E-state index in [-0.39, 0.29) is 30.7 Å². The molecule has 4 atom stereocenters. The Morgan fingerprint density at radius 2 is 1.59 bits per heavy atom. The van der Waals surface area contributed by atoms with Crippen molar-refractivity contribution in [1.82, 2.24) is 0 Å². The highest BCUT2D eigenvalue weighted by molar-refractivity contribution is 6.02. The summed E-state index contributed by atoms with van der Waals surface area (Å²) in [6.07, 6.45) is -0.417. The van der Waals surface area contributed by atoms with Crippen molar-refractivity contribution in [2.45, 2.75) is 52.6 Å². The molecule has 0 aliphatic heterocycles. The largest absolute Gasteiger partial charge is 0.465 e. The Morgan fingerprint density at radius 3 is 2.06 bits per heavy atom. The Balaban J connectivity index is 2.55. The molecule has 1 aliphatic carbocycles. The van der Waals surface area contributed by atoms with E-state index in [9.17, 15) is 29.6 Å². The summed E-state index contributed by atoms with van der Waals surface area (Å²) >= 11 is 0. The average molecular weight is 450 g/mol. The molecule has 32 heavy (non-hydrogen) atoms. The van der Waals surface area contributed by atoms with Crippen LogP contribution in [0.5, 0.6) is 0 Å². The Morgan fingerprint density at radius 1 is 1.09 bits per heavy atom. The van der Waals surface area contributed by atoms with Crippen LogP contribution in [0.4, 0.5) is 5.69 Å². The zero-order chi connectivity index (χ0) is 24.2. The summed E-state index contributed by atoms with van der Waals surface area (Å²) in [5.74, 6) is -5.68. The minimum absolute atomic E-state index is 0.0328. The molecule has 0 spiro atoms. The molecule has 0 bridgehead atoms. The fraction of sp³-hybridized carbons (Fsp3) is 0.609. The molecule has 1 aliphatic rings. The first-order valence-electron chi connectivity index (χ1n) is 10.7. The lowest BCUT2D eigenvalue weighted by atomic mass is 9.61. The minimum Gasteiger partial charge on any atom is -0.465 e. The molecule has 1 N–H and O–H groups in total. The van der Waals surface area contributed by atoms with Gasteiger partial charge in [-0.05, 0) is 24.3 Å². The standard InChI is InChI=1S/C23H31NO8/c1-13(2)11-31-21(26)19-17(25)10-23(5,28)20(22(27)32-12-14(3)4)18(19)15-6-8-16(9-7-15)24(29)30/h6-9,13-14,18-20,28H,10-12H2,1-5H3/t18-,19+,20+,23+/m1/s1. The van der Waals surface area contributed by atoms with Gasteiger partial charge in [0.15, 0.2) is 5.78 Å². The van der Waals surface area contributed by atoms with E-state index in [1.165, 1.54) is 31.2 Å². The van der Waals surface area contributed by atoms with Crippen molar-refractivity contribution in [3.63, 3.8) is 0 Å². The molecule has 0 heterocycles. The minimum atomic E-state index is -1.77.